The van der Waals surface area contributed by atoms with E-state index in [-0.39, 0.29) is 27.8 Å². The average molecular weight is 596 g/mol. The number of hydrogen-bond acceptors (Lipinski definition) is 8. The van der Waals surface area contributed by atoms with Crippen LogP contribution in [0.5, 0.6) is 0 Å². The molecule has 9 nitrogen and oxygen atoms in total. The Hall–Kier alpha value is -3.34. The van der Waals surface area contributed by atoms with Gasteiger partial charge in [0.15, 0.2) is 11.6 Å². The molecule has 0 saturated heterocycles. The van der Waals surface area contributed by atoms with Gasteiger partial charge in [0, 0.05) is 11.3 Å². The third-order valence-electron chi connectivity index (χ3n) is 8.39. The summed E-state index contributed by atoms with van der Waals surface area (Å²) in [6, 6.07) is 11.9. The summed E-state index contributed by atoms with van der Waals surface area (Å²) < 4.78 is 31.7. The lowest BCUT2D eigenvalue weighted by atomic mass is 9.66. The zero-order valence-corrected chi connectivity index (χ0v) is 25.5. The van der Waals surface area contributed by atoms with Gasteiger partial charge in [-0.25, -0.2) is 4.79 Å². The number of benzene rings is 2. The first-order valence-electron chi connectivity index (χ1n) is 14.7. The van der Waals surface area contributed by atoms with E-state index in [4.69, 9.17) is 4.74 Å². The van der Waals surface area contributed by atoms with E-state index in [1.54, 1.807) is 39.0 Å². The molecule has 5 rings (SSSR count). The molecule has 1 aliphatic heterocycles. The molecule has 0 radical (unpaired) electrons. The second-order valence-corrected chi connectivity index (χ2v) is 14.4. The third-order valence-corrected chi connectivity index (χ3v) is 9.75. The first-order chi connectivity index (χ1) is 19.8. The molecule has 0 spiro atoms. The number of carbonyl (C=O) groups is 2. The number of amidine groups is 1. The number of amides is 1. The van der Waals surface area contributed by atoms with Gasteiger partial charge in [-0.1, -0.05) is 80.0 Å². The molecule has 0 bridgehead atoms. The number of aliphatic hydroxyl groups is 1. The molecule has 2 aromatic rings. The van der Waals surface area contributed by atoms with E-state index in [9.17, 15) is 23.8 Å². The predicted octanol–water partition coefficient (Wildman–Crippen LogP) is 8.44. The molecule has 1 saturated carbocycles. The van der Waals surface area contributed by atoms with Gasteiger partial charge in [0.25, 0.3) is 0 Å². The maximum Gasteiger partial charge on any atom is 0.412 e. The fourth-order valence-corrected chi connectivity index (χ4v) is 7.47. The normalized spacial score (nSPS) is 22.8. The summed E-state index contributed by atoms with van der Waals surface area (Å²) >= 11 is 0. The lowest BCUT2D eigenvalue weighted by Crippen LogP contribution is -2.42. The molecule has 2 aliphatic carbocycles. The van der Waals surface area contributed by atoms with E-state index >= 15 is 0 Å². The van der Waals surface area contributed by atoms with Gasteiger partial charge < -0.3 is 15.2 Å². The zero-order chi connectivity index (χ0) is 30.3. The van der Waals surface area contributed by atoms with Crippen molar-refractivity contribution in [2.75, 3.05) is 10.6 Å². The largest absolute Gasteiger partial charge is 0.506 e. The molecule has 5 N–H and O–H groups in total. The van der Waals surface area contributed by atoms with E-state index in [1.807, 2.05) is 25.1 Å². The van der Waals surface area contributed by atoms with Crippen LogP contribution in [0.1, 0.15) is 90.2 Å². The highest BCUT2D eigenvalue weighted by molar-refractivity contribution is 8.23. The van der Waals surface area contributed by atoms with E-state index in [0.29, 0.717) is 29.3 Å². The minimum absolute atomic E-state index is 0.0544. The molecule has 42 heavy (non-hydrogen) atoms. The van der Waals surface area contributed by atoms with Crippen molar-refractivity contribution >= 4 is 45.6 Å². The number of anilines is 2. The van der Waals surface area contributed by atoms with Gasteiger partial charge in [-0.2, -0.15) is 0 Å². The molecule has 1 unspecified atom stereocenters. The number of fused-ring (bicyclic) bond motifs is 2. The predicted molar refractivity (Wildman–Crippen MR) is 167 cm³/mol. The Bertz CT molecular complexity index is 1450. The van der Waals surface area contributed by atoms with Crippen LogP contribution < -0.4 is 10.6 Å². The highest BCUT2D eigenvalue weighted by Crippen LogP contribution is 2.57. The van der Waals surface area contributed by atoms with E-state index in [1.165, 1.54) is 38.2 Å². The molecule has 2 aromatic carbocycles. The number of hydrogen-bond donors (Lipinski definition) is 5. The van der Waals surface area contributed by atoms with Gasteiger partial charge in [0.2, 0.25) is 0 Å². The standard InChI is InChI=1S/C32H41N3O6S/c1-31(2,3)41-30(38)33-21-16-17-24-25(19-21)42(39,40)35-29(34-24)26-27(36)22-14-8-9-15-23(22)32(4,28(26)37)18-10-13-20-11-6-5-7-12-20/h8-9,14-17,19-20,36,39-40H,5-7,10-13,18H2,1-4H3,(H,33,38)(H,34,35). The molecular weight excluding hydrogens is 554 g/mol. The van der Waals surface area contributed by atoms with Gasteiger partial charge in [-0.3, -0.25) is 19.2 Å². The Morgan fingerprint density at radius 2 is 1.86 bits per heavy atom. The van der Waals surface area contributed by atoms with Crippen LogP contribution in [0.25, 0.3) is 5.76 Å². The number of aliphatic hydroxyl groups excluding tert-OH is 1. The number of Topliss-reactive ketones (excluding diaryl/α,β-unsaturated/α-hetero) is 1. The first-order valence-corrected chi connectivity index (χ1v) is 16.2. The van der Waals surface area contributed by atoms with Crippen LogP contribution in [0.2, 0.25) is 0 Å². The van der Waals surface area contributed by atoms with Gasteiger partial charge in [0.05, 0.1) is 11.1 Å². The third kappa shape index (κ3) is 6.07. The molecule has 10 heteroatoms. The topological polar surface area (TPSA) is 140 Å². The number of nitrogens with one attached hydrogen (secondary N) is 2. The fourth-order valence-electron chi connectivity index (χ4n) is 6.29. The van der Waals surface area contributed by atoms with Crippen molar-refractivity contribution in [2.45, 2.75) is 95.0 Å². The van der Waals surface area contributed by atoms with Crippen LogP contribution in [0.15, 0.2) is 57.3 Å². The lowest BCUT2D eigenvalue weighted by Gasteiger charge is -2.39. The van der Waals surface area contributed by atoms with Crippen molar-refractivity contribution in [3.8, 4) is 0 Å². The summed E-state index contributed by atoms with van der Waals surface area (Å²) in [6.07, 6.45) is 8.16. The Balaban J connectivity index is 1.44. The maximum atomic E-state index is 14.3. The fraction of sp³-hybridized carbons (Fsp3) is 0.469. The van der Waals surface area contributed by atoms with Gasteiger partial charge >= 0.3 is 6.09 Å². The average Bonchev–Trinajstić information content (AvgIpc) is 2.92. The minimum atomic E-state index is -3.79. The molecule has 1 heterocycles. The highest BCUT2D eigenvalue weighted by Gasteiger charge is 2.46. The number of carbonyl (C=O) groups excluding carboxylic acids is 2. The number of ether oxygens (including phenoxy) is 1. The van der Waals surface area contributed by atoms with Gasteiger partial charge in [0.1, 0.15) is 21.8 Å². The molecule has 0 aromatic heterocycles. The Morgan fingerprint density at radius 3 is 2.57 bits per heavy atom. The van der Waals surface area contributed by atoms with E-state index < -0.39 is 27.9 Å². The quantitative estimate of drug-likeness (QED) is 0.226. The summed E-state index contributed by atoms with van der Waals surface area (Å²) in [7, 11) is -3.79. The van der Waals surface area contributed by atoms with Crippen molar-refractivity contribution in [2.24, 2.45) is 10.3 Å². The van der Waals surface area contributed by atoms with Crippen molar-refractivity contribution in [3.63, 3.8) is 0 Å². The van der Waals surface area contributed by atoms with E-state index in [2.05, 4.69) is 15.0 Å². The smallest absolute Gasteiger partial charge is 0.412 e. The van der Waals surface area contributed by atoms with Crippen LogP contribution in [-0.4, -0.2) is 37.5 Å². The summed E-state index contributed by atoms with van der Waals surface area (Å²) in [5, 5.41) is 17.0. The Morgan fingerprint density at radius 1 is 1.14 bits per heavy atom. The number of nitrogens with zero attached hydrogens (tertiary/aromatic N) is 1. The SMILES string of the molecule is CC(C)(C)OC(=O)Nc1ccc2c(c1)S(O)(O)N=C(C1=C(O)c3ccccc3C(C)(CCCC3CCCCC3)C1=O)N2. The zero-order valence-electron chi connectivity index (χ0n) is 24.7. The van der Waals surface area contributed by atoms with Gasteiger partial charge in [-0.15, -0.1) is 4.40 Å². The lowest BCUT2D eigenvalue weighted by molar-refractivity contribution is -0.120. The second-order valence-electron chi connectivity index (χ2n) is 12.7. The van der Waals surface area contributed by atoms with Crippen LogP contribution in [0.4, 0.5) is 16.2 Å². The monoisotopic (exact) mass is 595 g/mol. The molecule has 1 fully saturated rings. The van der Waals surface area contributed by atoms with Crippen LogP contribution in [0, 0.1) is 5.92 Å². The summed E-state index contributed by atoms with van der Waals surface area (Å²) in [4.78, 5) is 26.6. The Labute approximate surface area is 249 Å². The maximum absolute atomic E-state index is 14.3. The Kier molecular flexibility index (Phi) is 8.17. The van der Waals surface area contributed by atoms with Crippen LogP contribution in [-0.2, 0) is 14.9 Å². The molecular formula is C32H41N3O6S. The van der Waals surface area contributed by atoms with Crippen molar-refractivity contribution in [1.29, 1.82) is 0 Å². The minimum Gasteiger partial charge on any atom is -0.506 e. The van der Waals surface area contributed by atoms with E-state index in [0.717, 1.165) is 18.4 Å². The molecule has 226 valence electrons. The summed E-state index contributed by atoms with van der Waals surface area (Å²) in [6.45, 7) is 7.14. The summed E-state index contributed by atoms with van der Waals surface area (Å²) in [5.41, 5.74) is 0.223. The summed E-state index contributed by atoms with van der Waals surface area (Å²) in [5.74, 6) is 0.0399. The highest BCUT2D eigenvalue weighted by atomic mass is 32.3. The van der Waals surface area contributed by atoms with Crippen LogP contribution in [0.3, 0.4) is 0 Å². The molecule has 1 atom stereocenters. The van der Waals surface area contributed by atoms with Crippen LogP contribution >= 0.6 is 10.8 Å². The molecule has 3 aliphatic rings. The van der Waals surface area contributed by atoms with Crippen molar-refractivity contribution in [3.05, 3.63) is 59.2 Å². The molecule has 1 amide bonds. The second kappa shape index (κ2) is 11.4. The van der Waals surface area contributed by atoms with Gasteiger partial charge in [-0.05, 0) is 63.8 Å². The van der Waals surface area contributed by atoms with Crippen molar-refractivity contribution < 1.29 is 28.5 Å². The van der Waals surface area contributed by atoms with Crippen molar-refractivity contribution in [1.82, 2.24) is 0 Å². The first kappa shape index (κ1) is 30.1. The number of ketones is 1. The number of rotatable bonds is 6.